The molecule has 3 atom stereocenters. The second kappa shape index (κ2) is 6.40. The van der Waals surface area contributed by atoms with E-state index in [1.165, 1.54) is 5.56 Å². The first kappa shape index (κ1) is 14.4. The Balaban J connectivity index is 1.99. The molecule has 0 aliphatic carbocycles. The van der Waals surface area contributed by atoms with Crippen molar-refractivity contribution in [1.29, 1.82) is 0 Å². The van der Waals surface area contributed by atoms with Gasteiger partial charge < -0.3 is 15.2 Å². The van der Waals surface area contributed by atoms with Crippen molar-refractivity contribution < 1.29 is 9.84 Å². The van der Waals surface area contributed by atoms with Gasteiger partial charge in [-0.05, 0) is 18.4 Å². The zero-order valence-corrected chi connectivity index (χ0v) is 12.1. The number of aliphatic hydroxyl groups is 1. The van der Waals surface area contributed by atoms with Crippen LogP contribution in [0.15, 0.2) is 24.3 Å². The van der Waals surface area contributed by atoms with Gasteiger partial charge in [0.1, 0.15) is 5.75 Å². The molecule has 3 unspecified atom stereocenters. The molecule has 1 aromatic carbocycles. The van der Waals surface area contributed by atoms with Gasteiger partial charge in [0.25, 0.3) is 0 Å². The number of nitrogens with one attached hydrogen (secondary N) is 1. The minimum Gasteiger partial charge on any atom is -0.493 e. The lowest BCUT2D eigenvalue weighted by Gasteiger charge is -2.33. The zero-order valence-electron chi connectivity index (χ0n) is 12.1. The molecule has 2 N–H and O–H groups in total. The number of para-hydroxylation sites is 1. The standard InChI is InChI=1S/C16H25NO2/c1-11(2)8-13(18)9-17-16-12(3)10-19-15-7-5-4-6-14(15)16/h4-7,11-13,16-18H,8-10H2,1-3H3. The molecule has 0 spiro atoms. The highest BCUT2D eigenvalue weighted by molar-refractivity contribution is 5.37. The van der Waals surface area contributed by atoms with E-state index in [1.54, 1.807) is 0 Å². The molecule has 0 amide bonds. The van der Waals surface area contributed by atoms with Gasteiger partial charge >= 0.3 is 0 Å². The molecule has 0 fully saturated rings. The highest BCUT2D eigenvalue weighted by Gasteiger charge is 2.27. The first-order chi connectivity index (χ1) is 9.08. The molecule has 106 valence electrons. The van der Waals surface area contributed by atoms with Crippen LogP contribution in [0.25, 0.3) is 0 Å². The van der Waals surface area contributed by atoms with Crippen LogP contribution in [0, 0.1) is 11.8 Å². The van der Waals surface area contributed by atoms with Gasteiger partial charge in [-0.1, -0.05) is 39.0 Å². The minimum atomic E-state index is -0.276. The van der Waals surface area contributed by atoms with Crippen molar-refractivity contribution in [2.24, 2.45) is 11.8 Å². The van der Waals surface area contributed by atoms with Crippen LogP contribution in [-0.2, 0) is 0 Å². The Kier molecular flexibility index (Phi) is 4.83. The molecule has 0 bridgehead atoms. The van der Waals surface area contributed by atoms with E-state index in [-0.39, 0.29) is 12.1 Å². The monoisotopic (exact) mass is 263 g/mol. The van der Waals surface area contributed by atoms with Gasteiger partial charge in [0.05, 0.1) is 12.7 Å². The van der Waals surface area contributed by atoms with Crippen molar-refractivity contribution in [3.8, 4) is 5.75 Å². The summed E-state index contributed by atoms with van der Waals surface area (Å²) in [4.78, 5) is 0. The molecule has 0 saturated heterocycles. The van der Waals surface area contributed by atoms with Crippen LogP contribution in [-0.4, -0.2) is 24.4 Å². The molecule has 3 heteroatoms. The number of hydrogen-bond donors (Lipinski definition) is 2. The molecule has 1 aromatic rings. The van der Waals surface area contributed by atoms with Crippen LogP contribution in [0.2, 0.25) is 0 Å². The summed E-state index contributed by atoms with van der Waals surface area (Å²) in [7, 11) is 0. The van der Waals surface area contributed by atoms with E-state index >= 15 is 0 Å². The van der Waals surface area contributed by atoms with Gasteiger partial charge in [-0.15, -0.1) is 0 Å². The Hall–Kier alpha value is -1.06. The SMILES string of the molecule is CC(C)CC(O)CNC1c2ccccc2OCC1C. The van der Waals surface area contributed by atoms with Crippen LogP contribution in [0.4, 0.5) is 0 Å². The summed E-state index contributed by atoms with van der Waals surface area (Å²) in [6, 6.07) is 8.43. The Morgan fingerprint density at radius 3 is 2.84 bits per heavy atom. The van der Waals surface area contributed by atoms with Gasteiger partial charge in [0.2, 0.25) is 0 Å². The number of benzene rings is 1. The maximum atomic E-state index is 9.99. The number of fused-ring (bicyclic) bond motifs is 1. The van der Waals surface area contributed by atoms with Gasteiger partial charge in [-0.2, -0.15) is 0 Å². The second-order valence-electron chi connectivity index (χ2n) is 6.00. The fourth-order valence-corrected chi connectivity index (χ4v) is 2.69. The molecule has 19 heavy (non-hydrogen) atoms. The van der Waals surface area contributed by atoms with Gasteiger partial charge in [-0.3, -0.25) is 0 Å². The highest BCUT2D eigenvalue weighted by Crippen LogP contribution is 2.34. The zero-order chi connectivity index (χ0) is 13.8. The maximum absolute atomic E-state index is 9.99. The van der Waals surface area contributed by atoms with E-state index in [0.29, 0.717) is 18.4 Å². The first-order valence-electron chi connectivity index (χ1n) is 7.21. The van der Waals surface area contributed by atoms with Crippen molar-refractivity contribution in [3.05, 3.63) is 29.8 Å². The third-order valence-electron chi connectivity index (χ3n) is 3.64. The normalized spacial score (nSPS) is 23.8. The molecule has 0 saturated carbocycles. The predicted molar refractivity (Wildman–Crippen MR) is 77.3 cm³/mol. The quantitative estimate of drug-likeness (QED) is 0.858. The van der Waals surface area contributed by atoms with Crippen molar-refractivity contribution in [2.45, 2.75) is 39.3 Å². The number of ether oxygens (including phenoxy) is 1. The molecule has 0 radical (unpaired) electrons. The Morgan fingerprint density at radius 2 is 2.11 bits per heavy atom. The van der Waals surface area contributed by atoms with Crippen LogP contribution >= 0.6 is 0 Å². The average molecular weight is 263 g/mol. The Labute approximate surface area is 116 Å². The fourth-order valence-electron chi connectivity index (χ4n) is 2.69. The van der Waals surface area contributed by atoms with Crippen molar-refractivity contribution in [2.75, 3.05) is 13.2 Å². The maximum Gasteiger partial charge on any atom is 0.124 e. The summed E-state index contributed by atoms with van der Waals surface area (Å²) in [6.45, 7) is 7.82. The second-order valence-corrected chi connectivity index (χ2v) is 6.00. The molecule has 2 rings (SSSR count). The summed E-state index contributed by atoms with van der Waals surface area (Å²) in [5.74, 6) is 1.91. The first-order valence-corrected chi connectivity index (χ1v) is 7.21. The van der Waals surface area contributed by atoms with Crippen molar-refractivity contribution >= 4 is 0 Å². The fraction of sp³-hybridized carbons (Fsp3) is 0.625. The number of hydrogen-bond acceptors (Lipinski definition) is 3. The summed E-state index contributed by atoms with van der Waals surface area (Å²) >= 11 is 0. The number of rotatable bonds is 5. The van der Waals surface area contributed by atoms with E-state index in [4.69, 9.17) is 4.74 Å². The lowest BCUT2D eigenvalue weighted by Crippen LogP contribution is -2.38. The van der Waals surface area contributed by atoms with Gasteiger partial charge in [0, 0.05) is 24.1 Å². The van der Waals surface area contributed by atoms with Crippen LogP contribution < -0.4 is 10.1 Å². The van der Waals surface area contributed by atoms with E-state index in [2.05, 4.69) is 32.2 Å². The summed E-state index contributed by atoms with van der Waals surface area (Å²) in [5.41, 5.74) is 1.21. The minimum absolute atomic E-state index is 0.270. The molecular weight excluding hydrogens is 238 g/mol. The van der Waals surface area contributed by atoms with Crippen LogP contribution in [0.5, 0.6) is 5.75 Å². The van der Waals surface area contributed by atoms with Crippen LogP contribution in [0.1, 0.15) is 38.8 Å². The average Bonchev–Trinajstić information content (AvgIpc) is 2.36. The lowest BCUT2D eigenvalue weighted by atomic mass is 9.91. The molecule has 1 aliphatic heterocycles. The van der Waals surface area contributed by atoms with Crippen molar-refractivity contribution in [3.63, 3.8) is 0 Å². The van der Waals surface area contributed by atoms with Crippen LogP contribution in [0.3, 0.4) is 0 Å². The van der Waals surface area contributed by atoms with Gasteiger partial charge in [-0.25, -0.2) is 0 Å². The highest BCUT2D eigenvalue weighted by atomic mass is 16.5. The van der Waals surface area contributed by atoms with Gasteiger partial charge in [0.15, 0.2) is 0 Å². The number of aliphatic hydroxyl groups excluding tert-OH is 1. The van der Waals surface area contributed by atoms with E-state index in [1.807, 2.05) is 18.2 Å². The molecular formula is C16H25NO2. The smallest absolute Gasteiger partial charge is 0.124 e. The third-order valence-corrected chi connectivity index (χ3v) is 3.64. The Bertz CT molecular complexity index is 405. The molecule has 1 heterocycles. The van der Waals surface area contributed by atoms with E-state index in [0.717, 1.165) is 18.8 Å². The summed E-state index contributed by atoms with van der Waals surface area (Å²) in [6.07, 6.45) is 0.564. The van der Waals surface area contributed by atoms with E-state index in [9.17, 15) is 5.11 Å². The van der Waals surface area contributed by atoms with E-state index < -0.39 is 0 Å². The summed E-state index contributed by atoms with van der Waals surface area (Å²) in [5, 5.41) is 13.5. The Morgan fingerprint density at radius 1 is 1.37 bits per heavy atom. The largest absolute Gasteiger partial charge is 0.493 e. The molecule has 0 aromatic heterocycles. The summed E-state index contributed by atoms with van der Waals surface area (Å²) < 4.78 is 5.73. The lowest BCUT2D eigenvalue weighted by molar-refractivity contribution is 0.127. The topological polar surface area (TPSA) is 41.5 Å². The third kappa shape index (κ3) is 3.71. The molecule has 3 nitrogen and oxygen atoms in total. The molecule has 1 aliphatic rings. The predicted octanol–water partition coefficient (Wildman–Crippen LogP) is 2.75. The van der Waals surface area contributed by atoms with Crippen molar-refractivity contribution in [1.82, 2.24) is 5.32 Å².